The molecule has 1 amide bonds. The Morgan fingerprint density at radius 1 is 1.26 bits per heavy atom. The second kappa shape index (κ2) is 6.34. The van der Waals surface area contributed by atoms with Crippen LogP contribution in [0, 0.1) is 11.6 Å². The highest BCUT2D eigenvalue weighted by Gasteiger charge is 2.25. The third kappa shape index (κ3) is 3.03. The Labute approximate surface area is 132 Å². The summed E-state index contributed by atoms with van der Waals surface area (Å²) in [6.07, 6.45) is 0.576. The number of para-hydroxylation sites is 1. The number of carbonyl (C=O) groups excluding carboxylic acids is 1. The first-order valence-corrected chi connectivity index (χ1v) is 7.15. The first-order valence-electron chi connectivity index (χ1n) is 7.15. The van der Waals surface area contributed by atoms with Crippen molar-refractivity contribution in [3.63, 3.8) is 0 Å². The van der Waals surface area contributed by atoms with Crippen molar-refractivity contribution >= 4 is 11.6 Å². The fraction of sp³-hybridized carbons (Fsp3) is 0.235. The molecule has 1 unspecified atom stereocenters. The van der Waals surface area contributed by atoms with Gasteiger partial charge >= 0.3 is 0 Å². The highest BCUT2D eigenvalue weighted by molar-refractivity contribution is 6.06. The van der Waals surface area contributed by atoms with Gasteiger partial charge in [0.05, 0.1) is 18.3 Å². The zero-order valence-electron chi connectivity index (χ0n) is 12.4. The molecule has 0 aromatic heterocycles. The van der Waals surface area contributed by atoms with E-state index >= 15 is 0 Å². The van der Waals surface area contributed by atoms with E-state index in [0.717, 1.165) is 17.7 Å². The lowest BCUT2D eigenvalue weighted by Gasteiger charge is -2.26. The maximum atomic E-state index is 13.2. The van der Waals surface area contributed by atoms with Crippen LogP contribution in [0.25, 0.3) is 0 Å². The van der Waals surface area contributed by atoms with Crippen LogP contribution in [0.5, 0.6) is 5.75 Å². The Hall–Kier alpha value is -2.47. The number of benzene rings is 2. The topological polar surface area (TPSA) is 47.6 Å². The second-order valence-corrected chi connectivity index (χ2v) is 5.17. The molecule has 0 bridgehead atoms. The molecule has 4 nitrogen and oxygen atoms in total. The van der Waals surface area contributed by atoms with Crippen molar-refractivity contribution in [1.82, 2.24) is 0 Å². The SMILES string of the molecule is COC1CCOc2c(C(=O)Nc3ccc(F)c(F)c3)cccc21. The zero-order valence-corrected chi connectivity index (χ0v) is 12.4. The highest BCUT2D eigenvalue weighted by atomic mass is 19.2. The van der Waals surface area contributed by atoms with Gasteiger partial charge in [-0.25, -0.2) is 8.78 Å². The molecular formula is C17H15F2NO3. The van der Waals surface area contributed by atoms with Gasteiger partial charge < -0.3 is 14.8 Å². The van der Waals surface area contributed by atoms with Gasteiger partial charge in [0.25, 0.3) is 5.91 Å². The number of amides is 1. The summed E-state index contributed by atoms with van der Waals surface area (Å²) in [7, 11) is 1.60. The Morgan fingerprint density at radius 2 is 2.09 bits per heavy atom. The smallest absolute Gasteiger partial charge is 0.259 e. The van der Waals surface area contributed by atoms with Crippen molar-refractivity contribution in [3.05, 3.63) is 59.2 Å². The summed E-state index contributed by atoms with van der Waals surface area (Å²) in [6.45, 7) is 0.445. The van der Waals surface area contributed by atoms with Crippen LogP contribution < -0.4 is 10.1 Å². The van der Waals surface area contributed by atoms with Crippen LogP contribution in [0.2, 0.25) is 0 Å². The standard InChI is InChI=1S/C17H15F2NO3/c1-22-15-7-8-23-16-11(15)3-2-4-12(16)17(21)20-10-5-6-13(18)14(19)9-10/h2-6,9,15H,7-8H2,1H3,(H,20,21). The fourth-order valence-corrected chi connectivity index (χ4v) is 2.59. The molecule has 1 aliphatic heterocycles. The van der Waals surface area contributed by atoms with E-state index in [9.17, 15) is 13.6 Å². The van der Waals surface area contributed by atoms with E-state index in [1.54, 1.807) is 19.2 Å². The fourth-order valence-electron chi connectivity index (χ4n) is 2.59. The van der Waals surface area contributed by atoms with Crippen LogP contribution in [0.1, 0.15) is 28.4 Å². The lowest BCUT2D eigenvalue weighted by atomic mass is 9.99. The monoisotopic (exact) mass is 319 g/mol. The normalized spacial score (nSPS) is 16.4. The van der Waals surface area contributed by atoms with Crippen LogP contribution in [0.3, 0.4) is 0 Å². The van der Waals surface area contributed by atoms with Gasteiger partial charge in [-0.05, 0) is 18.2 Å². The Morgan fingerprint density at radius 3 is 2.83 bits per heavy atom. The molecule has 3 rings (SSSR count). The van der Waals surface area contributed by atoms with Gasteiger partial charge in [0.1, 0.15) is 5.75 Å². The van der Waals surface area contributed by atoms with E-state index in [-0.39, 0.29) is 11.8 Å². The molecule has 0 spiro atoms. The van der Waals surface area contributed by atoms with Gasteiger partial charge in [-0.15, -0.1) is 0 Å². The minimum absolute atomic E-state index is 0.130. The quantitative estimate of drug-likeness (QED) is 0.938. The van der Waals surface area contributed by atoms with Crippen molar-refractivity contribution in [2.24, 2.45) is 0 Å². The van der Waals surface area contributed by atoms with Crippen molar-refractivity contribution in [2.45, 2.75) is 12.5 Å². The molecule has 1 aliphatic rings. The Kier molecular flexibility index (Phi) is 4.25. The maximum absolute atomic E-state index is 13.2. The number of carbonyl (C=O) groups is 1. The number of nitrogens with one attached hydrogen (secondary N) is 1. The average Bonchev–Trinajstić information content (AvgIpc) is 2.57. The molecule has 0 radical (unpaired) electrons. The van der Waals surface area contributed by atoms with E-state index < -0.39 is 17.5 Å². The van der Waals surface area contributed by atoms with Gasteiger partial charge in [-0.3, -0.25) is 4.79 Å². The largest absolute Gasteiger partial charge is 0.492 e. The number of ether oxygens (including phenoxy) is 2. The zero-order chi connectivity index (χ0) is 16.4. The summed E-state index contributed by atoms with van der Waals surface area (Å²) in [5, 5.41) is 2.54. The third-order valence-electron chi connectivity index (χ3n) is 3.73. The third-order valence-corrected chi connectivity index (χ3v) is 3.73. The lowest BCUT2D eigenvalue weighted by Crippen LogP contribution is -2.20. The molecule has 2 aromatic rings. The molecule has 0 saturated carbocycles. The van der Waals surface area contributed by atoms with Crippen molar-refractivity contribution in [2.75, 3.05) is 19.0 Å². The van der Waals surface area contributed by atoms with E-state index in [4.69, 9.17) is 9.47 Å². The second-order valence-electron chi connectivity index (χ2n) is 5.17. The molecule has 1 N–H and O–H groups in total. The summed E-state index contributed by atoms with van der Waals surface area (Å²) >= 11 is 0. The summed E-state index contributed by atoms with van der Waals surface area (Å²) in [4.78, 5) is 12.4. The molecule has 0 saturated heterocycles. The number of anilines is 1. The van der Waals surface area contributed by atoms with Crippen molar-refractivity contribution in [1.29, 1.82) is 0 Å². The Balaban J connectivity index is 1.89. The summed E-state index contributed by atoms with van der Waals surface area (Å²) in [6, 6.07) is 8.39. The van der Waals surface area contributed by atoms with Gasteiger partial charge in [0.15, 0.2) is 11.6 Å². The van der Waals surface area contributed by atoms with Gasteiger partial charge in [-0.2, -0.15) is 0 Å². The van der Waals surface area contributed by atoms with E-state index in [0.29, 0.717) is 24.3 Å². The number of halogens is 2. The molecule has 1 atom stereocenters. The van der Waals surface area contributed by atoms with Crippen LogP contribution in [0.15, 0.2) is 36.4 Å². The molecule has 6 heteroatoms. The van der Waals surface area contributed by atoms with E-state index in [1.165, 1.54) is 6.07 Å². The number of methoxy groups -OCH3 is 1. The minimum atomic E-state index is -1.02. The first kappa shape index (κ1) is 15.4. The van der Waals surface area contributed by atoms with Crippen LogP contribution in [0.4, 0.5) is 14.5 Å². The predicted molar refractivity (Wildman–Crippen MR) is 80.6 cm³/mol. The average molecular weight is 319 g/mol. The summed E-state index contributed by atoms with van der Waals surface area (Å²) in [5.41, 5.74) is 1.30. The van der Waals surface area contributed by atoms with Crippen LogP contribution in [-0.4, -0.2) is 19.6 Å². The molecule has 0 aliphatic carbocycles. The number of hydrogen-bond donors (Lipinski definition) is 1. The maximum Gasteiger partial charge on any atom is 0.259 e. The number of fused-ring (bicyclic) bond motifs is 1. The molecule has 1 heterocycles. The molecule has 23 heavy (non-hydrogen) atoms. The first-order chi connectivity index (χ1) is 11.1. The molecule has 0 fully saturated rings. The van der Waals surface area contributed by atoms with Crippen molar-refractivity contribution < 1.29 is 23.0 Å². The summed E-state index contributed by atoms with van der Waals surface area (Å²) in [5.74, 6) is -1.98. The minimum Gasteiger partial charge on any atom is -0.492 e. The highest BCUT2D eigenvalue weighted by Crippen LogP contribution is 2.36. The van der Waals surface area contributed by atoms with Gasteiger partial charge in [0, 0.05) is 30.8 Å². The van der Waals surface area contributed by atoms with Crippen LogP contribution >= 0.6 is 0 Å². The van der Waals surface area contributed by atoms with Gasteiger partial charge in [0.2, 0.25) is 0 Å². The van der Waals surface area contributed by atoms with E-state index in [1.807, 2.05) is 6.07 Å². The number of hydrogen-bond acceptors (Lipinski definition) is 3. The van der Waals surface area contributed by atoms with Crippen LogP contribution in [-0.2, 0) is 4.74 Å². The van der Waals surface area contributed by atoms with E-state index in [2.05, 4.69) is 5.32 Å². The lowest BCUT2D eigenvalue weighted by molar-refractivity contribution is 0.0630. The molecule has 2 aromatic carbocycles. The summed E-state index contributed by atoms with van der Waals surface area (Å²) < 4.78 is 37.2. The Bertz CT molecular complexity index is 749. The molecule has 120 valence electrons. The van der Waals surface area contributed by atoms with Gasteiger partial charge in [-0.1, -0.05) is 12.1 Å². The van der Waals surface area contributed by atoms with Crippen molar-refractivity contribution in [3.8, 4) is 5.75 Å². The molecular weight excluding hydrogens is 304 g/mol. The number of rotatable bonds is 3. The predicted octanol–water partition coefficient (Wildman–Crippen LogP) is 3.69.